The summed E-state index contributed by atoms with van der Waals surface area (Å²) in [4.78, 5) is 14.6. The fourth-order valence-electron chi connectivity index (χ4n) is 1.70. The Morgan fingerprint density at radius 3 is 2.38 bits per heavy atom. The Kier molecular flexibility index (Phi) is 5.12. The van der Waals surface area contributed by atoms with Crippen LogP contribution in [0.4, 0.5) is 22.0 Å². The number of nitrogens with one attached hydrogen (secondary N) is 1. The molecule has 130 valence electrons. The number of hydrogen-bond donors (Lipinski definition) is 2. The summed E-state index contributed by atoms with van der Waals surface area (Å²) in [6.07, 6.45) is -9.23. The number of rotatable bonds is 5. The van der Waals surface area contributed by atoms with E-state index < -0.39 is 37.0 Å². The molecule has 1 heterocycles. The number of carbonyl (C=O) groups is 1. The summed E-state index contributed by atoms with van der Waals surface area (Å²) in [5.41, 5.74) is 0.211. The lowest BCUT2D eigenvalue weighted by Gasteiger charge is -2.11. The third-order valence-corrected chi connectivity index (χ3v) is 2.83. The van der Waals surface area contributed by atoms with Crippen molar-refractivity contribution >= 4 is 5.91 Å². The molecule has 0 aliphatic rings. The lowest BCUT2D eigenvalue weighted by atomic mass is 10.1. The molecule has 1 amide bonds. The standard InChI is InChI=1S/C13H10F5N3O3/c14-8(15)5-19-11(23)9(22)6-1-3-7(4-2-6)10-20-12(24-21-10)13(16,17)18/h1-4,8-9,22H,5H2,(H,19,23). The minimum Gasteiger partial charge on any atom is -0.378 e. The molecule has 0 saturated carbocycles. The van der Waals surface area contributed by atoms with E-state index in [-0.39, 0.29) is 17.0 Å². The van der Waals surface area contributed by atoms with Crippen LogP contribution in [0, 0.1) is 0 Å². The molecular weight excluding hydrogens is 341 g/mol. The van der Waals surface area contributed by atoms with E-state index >= 15 is 0 Å². The normalized spacial score (nSPS) is 13.1. The highest BCUT2D eigenvalue weighted by Crippen LogP contribution is 2.29. The van der Waals surface area contributed by atoms with E-state index in [2.05, 4.69) is 14.7 Å². The Labute approximate surface area is 131 Å². The predicted octanol–water partition coefficient (Wildman–Crippen LogP) is 2.17. The van der Waals surface area contributed by atoms with E-state index in [1.807, 2.05) is 5.32 Å². The average molecular weight is 351 g/mol. The molecule has 1 unspecified atom stereocenters. The molecule has 2 rings (SSSR count). The van der Waals surface area contributed by atoms with Crippen LogP contribution in [0.1, 0.15) is 17.6 Å². The van der Waals surface area contributed by atoms with Gasteiger partial charge >= 0.3 is 12.1 Å². The Morgan fingerprint density at radius 2 is 1.88 bits per heavy atom. The van der Waals surface area contributed by atoms with Gasteiger partial charge in [0.25, 0.3) is 12.3 Å². The molecule has 1 aromatic heterocycles. The van der Waals surface area contributed by atoms with Gasteiger partial charge in [0.15, 0.2) is 6.10 Å². The maximum absolute atomic E-state index is 12.4. The SMILES string of the molecule is O=C(NCC(F)F)C(O)c1ccc(-c2noc(C(F)(F)F)n2)cc1. The second-order valence-electron chi connectivity index (χ2n) is 4.58. The van der Waals surface area contributed by atoms with Gasteiger partial charge < -0.3 is 14.9 Å². The van der Waals surface area contributed by atoms with Crippen LogP contribution in [0.15, 0.2) is 28.8 Å². The largest absolute Gasteiger partial charge is 0.471 e. The average Bonchev–Trinajstić information content (AvgIpc) is 3.02. The highest BCUT2D eigenvalue weighted by Gasteiger charge is 2.38. The van der Waals surface area contributed by atoms with Gasteiger partial charge in [-0.15, -0.1) is 0 Å². The predicted molar refractivity (Wildman–Crippen MR) is 68.7 cm³/mol. The van der Waals surface area contributed by atoms with Crippen molar-refractivity contribution in [2.75, 3.05) is 6.54 Å². The van der Waals surface area contributed by atoms with Crippen LogP contribution < -0.4 is 5.32 Å². The van der Waals surface area contributed by atoms with Gasteiger partial charge in [0.1, 0.15) is 0 Å². The van der Waals surface area contributed by atoms with Crippen molar-refractivity contribution in [3.63, 3.8) is 0 Å². The molecule has 0 fully saturated rings. The van der Waals surface area contributed by atoms with Crippen molar-refractivity contribution in [1.82, 2.24) is 15.5 Å². The van der Waals surface area contributed by atoms with E-state index in [9.17, 15) is 31.9 Å². The van der Waals surface area contributed by atoms with E-state index in [4.69, 9.17) is 0 Å². The van der Waals surface area contributed by atoms with Gasteiger partial charge in [-0.3, -0.25) is 4.79 Å². The zero-order valence-corrected chi connectivity index (χ0v) is 11.7. The number of halogens is 5. The highest BCUT2D eigenvalue weighted by atomic mass is 19.4. The maximum atomic E-state index is 12.4. The van der Waals surface area contributed by atoms with E-state index in [0.29, 0.717) is 0 Å². The maximum Gasteiger partial charge on any atom is 0.471 e. The summed E-state index contributed by atoms with van der Waals surface area (Å²) < 4.78 is 65.2. The number of hydrogen-bond acceptors (Lipinski definition) is 5. The summed E-state index contributed by atoms with van der Waals surface area (Å²) in [7, 11) is 0. The molecule has 1 atom stereocenters. The molecule has 6 nitrogen and oxygen atoms in total. The Balaban J connectivity index is 2.10. The Morgan fingerprint density at radius 1 is 1.25 bits per heavy atom. The van der Waals surface area contributed by atoms with Crippen molar-refractivity contribution in [2.45, 2.75) is 18.7 Å². The first-order valence-corrected chi connectivity index (χ1v) is 6.43. The smallest absolute Gasteiger partial charge is 0.378 e. The van der Waals surface area contributed by atoms with Crippen molar-refractivity contribution in [2.24, 2.45) is 0 Å². The van der Waals surface area contributed by atoms with Gasteiger partial charge in [-0.05, 0) is 5.56 Å². The minimum absolute atomic E-state index is 0.0602. The monoisotopic (exact) mass is 351 g/mol. The molecular formula is C13H10F5N3O3. The second kappa shape index (κ2) is 6.91. The number of aliphatic hydroxyl groups excluding tert-OH is 1. The van der Waals surface area contributed by atoms with E-state index in [1.54, 1.807) is 0 Å². The molecule has 1 aromatic carbocycles. The molecule has 0 aliphatic carbocycles. The van der Waals surface area contributed by atoms with Crippen LogP contribution in [0.3, 0.4) is 0 Å². The molecule has 11 heteroatoms. The number of aromatic nitrogens is 2. The van der Waals surface area contributed by atoms with Gasteiger partial charge in [0, 0.05) is 5.56 Å². The van der Waals surface area contributed by atoms with Crippen LogP contribution in [0.5, 0.6) is 0 Å². The van der Waals surface area contributed by atoms with Crippen LogP contribution in [0.2, 0.25) is 0 Å². The summed E-state index contributed by atoms with van der Waals surface area (Å²) in [6.45, 7) is -0.906. The number of alkyl halides is 5. The van der Waals surface area contributed by atoms with Crippen LogP contribution in [-0.2, 0) is 11.0 Å². The van der Waals surface area contributed by atoms with Crippen LogP contribution >= 0.6 is 0 Å². The highest BCUT2D eigenvalue weighted by molar-refractivity contribution is 5.82. The summed E-state index contributed by atoms with van der Waals surface area (Å²) in [6, 6.07) is 4.96. The van der Waals surface area contributed by atoms with Crippen LogP contribution in [0.25, 0.3) is 11.4 Å². The van der Waals surface area contributed by atoms with Gasteiger partial charge in [-0.1, -0.05) is 29.4 Å². The van der Waals surface area contributed by atoms with Crippen molar-refractivity contribution in [3.05, 3.63) is 35.7 Å². The van der Waals surface area contributed by atoms with Gasteiger partial charge in [-0.2, -0.15) is 18.2 Å². The minimum atomic E-state index is -4.77. The number of benzene rings is 1. The molecule has 0 aliphatic heterocycles. The van der Waals surface area contributed by atoms with Gasteiger partial charge in [-0.25, -0.2) is 8.78 Å². The molecule has 0 radical (unpaired) electrons. The fraction of sp³-hybridized carbons (Fsp3) is 0.308. The zero-order chi connectivity index (χ0) is 17.9. The first-order chi connectivity index (χ1) is 11.2. The Bertz CT molecular complexity index is 700. The van der Waals surface area contributed by atoms with Crippen molar-refractivity contribution in [1.29, 1.82) is 0 Å². The van der Waals surface area contributed by atoms with Crippen molar-refractivity contribution in [3.8, 4) is 11.4 Å². The zero-order valence-electron chi connectivity index (χ0n) is 11.7. The Hall–Kier alpha value is -2.56. The quantitative estimate of drug-likeness (QED) is 0.806. The molecule has 2 aromatic rings. The summed E-state index contributed by atoms with van der Waals surface area (Å²) >= 11 is 0. The topological polar surface area (TPSA) is 88.2 Å². The van der Waals surface area contributed by atoms with Gasteiger partial charge in [0.05, 0.1) is 6.54 Å². The number of nitrogens with zero attached hydrogens (tertiary/aromatic N) is 2. The molecule has 2 N–H and O–H groups in total. The third kappa shape index (κ3) is 4.25. The summed E-state index contributed by atoms with van der Waals surface area (Å²) in [5, 5.41) is 14.7. The van der Waals surface area contributed by atoms with E-state index in [1.165, 1.54) is 24.3 Å². The van der Waals surface area contributed by atoms with Crippen LogP contribution in [-0.4, -0.2) is 34.1 Å². The van der Waals surface area contributed by atoms with Gasteiger partial charge in [0.2, 0.25) is 5.82 Å². The molecule has 0 bridgehead atoms. The lowest BCUT2D eigenvalue weighted by Crippen LogP contribution is -2.32. The number of carbonyl (C=O) groups excluding carboxylic acids is 1. The van der Waals surface area contributed by atoms with Crippen molar-refractivity contribution < 1.29 is 36.4 Å². The lowest BCUT2D eigenvalue weighted by molar-refractivity contribution is -0.159. The first-order valence-electron chi connectivity index (χ1n) is 6.43. The molecule has 0 spiro atoms. The fourth-order valence-corrected chi connectivity index (χ4v) is 1.70. The summed E-state index contributed by atoms with van der Waals surface area (Å²) in [5.74, 6) is -2.86. The number of aliphatic hydroxyl groups is 1. The molecule has 0 saturated heterocycles. The van der Waals surface area contributed by atoms with E-state index in [0.717, 1.165) is 0 Å². The number of amides is 1. The molecule has 24 heavy (non-hydrogen) atoms. The second-order valence-corrected chi connectivity index (χ2v) is 4.58. The first kappa shape index (κ1) is 17.8. The third-order valence-electron chi connectivity index (χ3n) is 2.83.